The molecule has 39 heavy (non-hydrogen) atoms. The molecule has 0 heterocycles. The Morgan fingerprint density at radius 3 is 2.18 bits per heavy atom. The summed E-state index contributed by atoms with van der Waals surface area (Å²) in [6.45, 7) is 1.59. The van der Waals surface area contributed by atoms with Crippen molar-refractivity contribution in [3.8, 4) is 0 Å². The van der Waals surface area contributed by atoms with E-state index in [9.17, 15) is 18.0 Å². The highest BCUT2D eigenvalue weighted by atomic mass is 79.9. The van der Waals surface area contributed by atoms with Gasteiger partial charge in [-0.2, -0.15) is 0 Å². The molecule has 0 spiro atoms. The SMILES string of the molecule is CCNC(=O)[C@H](Cc1ccccc1)N(Cc1cccc(Br)c1)C(=O)CN(c1cc(Cl)c(Cl)cc1Cl)S(C)(=O)=O. The summed E-state index contributed by atoms with van der Waals surface area (Å²) in [7, 11) is -4.00. The summed E-state index contributed by atoms with van der Waals surface area (Å²) in [5.74, 6) is -0.960. The van der Waals surface area contributed by atoms with Crippen molar-refractivity contribution in [1.29, 1.82) is 0 Å². The molecule has 3 aromatic rings. The number of anilines is 1. The zero-order valence-electron chi connectivity index (χ0n) is 21.2. The molecule has 0 radical (unpaired) electrons. The van der Waals surface area contributed by atoms with Gasteiger partial charge in [0.1, 0.15) is 12.6 Å². The molecule has 0 aliphatic carbocycles. The van der Waals surface area contributed by atoms with Gasteiger partial charge in [0.2, 0.25) is 21.8 Å². The van der Waals surface area contributed by atoms with Crippen LogP contribution in [0.2, 0.25) is 15.1 Å². The van der Waals surface area contributed by atoms with Crippen LogP contribution in [0.15, 0.2) is 71.2 Å². The number of halogens is 4. The molecule has 0 saturated carbocycles. The Balaban J connectivity index is 2.08. The lowest BCUT2D eigenvalue weighted by molar-refractivity contribution is -0.140. The van der Waals surface area contributed by atoms with Crippen molar-refractivity contribution >= 4 is 78.3 Å². The number of nitrogens with one attached hydrogen (secondary N) is 1. The maximum atomic E-state index is 14.0. The van der Waals surface area contributed by atoms with Gasteiger partial charge in [-0.3, -0.25) is 13.9 Å². The zero-order chi connectivity index (χ0) is 28.7. The van der Waals surface area contributed by atoms with E-state index >= 15 is 0 Å². The molecular formula is C27H27BrCl3N3O4S. The van der Waals surface area contributed by atoms with Crippen LogP contribution in [-0.2, 0) is 32.6 Å². The van der Waals surface area contributed by atoms with E-state index in [2.05, 4.69) is 21.2 Å². The van der Waals surface area contributed by atoms with Gasteiger partial charge in [-0.05, 0) is 42.3 Å². The van der Waals surface area contributed by atoms with Gasteiger partial charge in [0, 0.05) is 24.0 Å². The lowest BCUT2D eigenvalue weighted by Crippen LogP contribution is -2.53. The molecule has 0 unspecified atom stereocenters. The minimum absolute atomic E-state index is 0.00180. The fourth-order valence-electron chi connectivity index (χ4n) is 3.98. The van der Waals surface area contributed by atoms with Crippen LogP contribution < -0.4 is 9.62 Å². The van der Waals surface area contributed by atoms with E-state index in [1.807, 2.05) is 54.6 Å². The van der Waals surface area contributed by atoms with E-state index in [0.29, 0.717) is 6.54 Å². The number of carbonyl (C=O) groups is 2. The van der Waals surface area contributed by atoms with Crippen LogP contribution >= 0.6 is 50.7 Å². The number of nitrogens with zero attached hydrogens (tertiary/aromatic N) is 2. The molecule has 0 aromatic heterocycles. The molecule has 1 N–H and O–H groups in total. The third-order valence-corrected chi connectivity index (χ3v) is 8.45. The van der Waals surface area contributed by atoms with Crippen LogP contribution in [0.3, 0.4) is 0 Å². The normalized spacial score (nSPS) is 12.1. The number of amides is 2. The van der Waals surface area contributed by atoms with Crippen molar-refractivity contribution in [1.82, 2.24) is 10.2 Å². The predicted molar refractivity (Wildman–Crippen MR) is 161 cm³/mol. The second kappa shape index (κ2) is 13.9. The van der Waals surface area contributed by atoms with Crippen molar-refractivity contribution in [3.05, 3.63) is 97.4 Å². The Bertz CT molecular complexity index is 1440. The van der Waals surface area contributed by atoms with Gasteiger partial charge in [0.15, 0.2) is 0 Å². The Kier molecular flexibility index (Phi) is 11.1. The van der Waals surface area contributed by atoms with Crippen molar-refractivity contribution < 1.29 is 18.0 Å². The predicted octanol–water partition coefficient (Wildman–Crippen LogP) is 5.95. The highest BCUT2D eigenvalue weighted by Gasteiger charge is 2.33. The van der Waals surface area contributed by atoms with E-state index in [4.69, 9.17) is 34.8 Å². The van der Waals surface area contributed by atoms with Gasteiger partial charge >= 0.3 is 0 Å². The van der Waals surface area contributed by atoms with E-state index in [1.165, 1.54) is 17.0 Å². The second-order valence-electron chi connectivity index (χ2n) is 8.74. The number of rotatable bonds is 11. The number of hydrogen-bond acceptors (Lipinski definition) is 4. The number of hydrogen-bond donors (Lipinski definition) is 1. The smallest absolute Gasteiger partial charge is 0.244 e. The first-order valence-corrected chi connectivity index (χ1v) is 15.7. The van der Waals surface area contributed by atoms with Crippen LogP contribution in [0.25, 0.3) is 0 Å². The zero-order valence-corrected chi connectivity index (χ0v) is 25.9. The Morgan fingerprint density at radius 1 is 0.923 bits per heavy atom. The maximum absolute atomic E-state index is 14.0. The molecular weight excluding hydrogens is 649 g/mol. The van der Waals surface area contributed by atoms with Crippen LogP contribution in [-0.4, -0.2) is 50.5 Å². The molecule has 2 amide bonds. The standard InChI is InChI=1S/C27H27BrCl3N3O4S/c1-3-32-27(36)25(13-18-8-5-4-6-9-18)33(16-19-10-7-11-20(28)12-19)26(35)17-34(39(2,37)38)24-15-22(30)21(29)14-23(24)31/h4-12,14-15,25H,3,13,16-17H2,1-2H3,(H,32,36)/t25-/m0/s1. The first kappa shape index (κ1) is 31.2. The fourth-order valence-corrected chi connectivity index (χ4v) is 5.97. The van der Waals surface area contributed by atoms with Crippen molar-refractivity contribution in [3.63, 3.8) is 0 Å². The Morgan fingerprint density at radius 2 is 1.56 bits per heavy atom. The summed E-state index contributed by atoms with van der Waals surface area (Å²) < 4.78 is 27.4. The Labute approximate surface area is 252 Å². The third kappa shape index (κ3) is 8.59. The topological polar surface area (TPSA) is 86.8 Å². The van der Waals surface area contributed by atoms with E-state index < -0.39 is 28.5 Å². The van der Waals surface area contributed by atoms with E-state index in [0.717, 1.165) is 26.2 Å². The second-order valence-corrected chi connectivity index (χ2v) is 12.8. The number of likely N-dealkylation sites (N-methyl/N-ethyl adjacent to an activating group) is 1. The number of sulfonamides is 1. The molecule has 0 fully saturated rings. The molecule has 7 nitrogen and oxygen atoms in total. The van der Waals surface area contributed by atoms with Gasteiger partial charge in [-0.1, -0.05) is 93.2 Å². The Hall–Kier alpha value is -2.30. The van der Waals surface area contributed by atoms with Gasteiger partial charge < -0.3 is 10.2 Å². The van der Waals surface area contributed by atoms with Gasteiger partial charge in [-0.15, -0.1) is 0 Å². The highest BCUT2D eigenvalue weighted by Crippen LogP contribution is 2.35. The lowest BCUT2D eigenvalue weighted by Gasteiger charge is -2.33. The summed E-state index contributed by atoms with van der Waals surface area (Å²) in [5.41, 5.74) is 1.59. The minimum atomic E-state index is -4.00. The minimum Gasteiger partial charge on any atom is -0.355 e. The summed E-state index contributed by atoms with van der Waals surface area (Å²) in [4.78, 5) is 28.7. The molecule has 1 atom stereocenters. The molecule has 208 valence electrons. The monoisotopic (exact) mass is 673 g/mol. The quantitative estimate of drug-likeness (QED) is 0.255. The third-order valence-electron chi connectivity index (χ3n) is 5.80. The van der Waals surface area contributed by atoms with Gasteiger partial charge in [-0.25, -0.2) is 8.42 Å². The number of carbonyl (C=O) groups excluding carboxylic acids is 2. The molecule has 0 saturated heterocycles. The van der Waals surface area contributed by atoms with Gasteiger partial charge in [0.05, 0.1) is 27.0 Å². The molecule has 3 rings (SSSR count). The van der Waals surface area contributed by atoms with Crippen LogP contribution in [0.4, 0.5) is 5.69 Å². The summed E-state index contributed by atoms with van der Waals surface area (Å²) in [6, 6.07) is 18.3. The molecule has 0 aliphatic heterocycles. The average Bonchev–Trinajstić information content (AvgIpc) is 2.87. The molecule has 3 aromatic carbocycles. The lowest BCUT2D eigenvalue weighted by atomic mass is 10.0. The first-order chi connectivity index (χ1) is 18.4. The average molecular weight is 676 g/mol. The maximum Gasteiger partial charge on any atom is 0.244 e. The van der Waals surface area contributed by atoms with E-state index in [-0.39, 0.29) is 39.6 Å². The molecule has 0 aliphatic rings. The summed E-state index contributed by atoms with van der Waals surface area (Å²) in [6.07, 6.45) is 1.18. The van der Waals surface area contributed by atoms with Crippen molar-refractivity contribution in [2.75, 3.05) is 23.7 Å². The van der Waals surface area contributed by atoms with Crippen molar-refractivity contribution in [2.45, 2.75) is 25.9 Å². The molecule has 12 heteroatoms. The van der Waals surface area contributed by atoms with Crippen LogP contribution in [0.1, 0.15) is 18.1 Å². The summed E-state index contributed by atoms with van der Waals surface area (Å²) >= 11 is 22.0. The van der Waals surface area contributed by atoms with Gasteiger partial charge in [0.25, 0.3) is 0 Å². The fraction of sp³-hybridized carbons (Fsp3) is 0.259. The number of benzene rings is 3. The van der Waals surface area contributed by atoms with Crippen LogP contribution in [0, 0.1) is 0 Å². The van der Waals surface area contributed by atoms with E-state index in [1.54, 1.807) is 6.92 Å². The summed E-state index contributed by atoms with van der Waals surface area (Å²) in [5, 5.41) is 3.03. The van der Waals surface area contributed by atoms with Crippen molar-refractivity contribution in [2.24, 2.45) is 0 Å². The first-order valence-electron chi connectivity index (χ1n) is 11.9. The highest BCUT2D eigenvalue weighted by molar-refractivity contribution is 9.10. The largest absolute Gasteiger partial charge is 0.355 e. The molecule has 0 bridgehead atoms. The van der Waals surface area contributed by atoms with Crippen LogP contribution in [0.5, 0.6) is 0 Å².